The maximum Gasteiger partial charge on any atom is 0.329 e. The van der Waals surface area contributed by atoms with Gasteiger partial charge in [-0.25, -0.2) is 4.79 Å². The molecule has 0 saturated carbocycles. The van der Waals surface area contributed by atoms with Crippen molar-refractivity contribution < 1.29 is 14.7 Å². The molecule has 0 amide bonds. The highest BCUT2D eigenvalue weighted by Crippen LogP contribution is 2.31. The second-order valence-corrected chi connectivity index (χ2v) is 4.35. The van der Waals surface area contributed by atoms with Crippen LogP contribution in [0.25, 0.3) is 0 Å². The zero-order valence-corrected chi connectivity index (χ0v) is 8.38. The van der Waals surface area contributed by atoms with Gasteiger partial charge >= 0.3 is 5.97 Å². The number of carbonyl (C=O) groups is 2. The molecule has 0 aliphatic rings. The first kappa shape index (κ1) is 12.0. The number of halogens is 4. The Kier molecular flexibility index (Phi) is 4.34. The Morgan fingerprint density at radius 2 is 1.67 bits per heavy atom. The molecule has 7 heteroatoms. The molecule has 0 aromatic carbocycles. The molecule has 68 valence electrons. The summed E-state index contributed by atoms with van der Waals surface area (Å²) in [6.45, 7) is 0. The van der Waals surface area contributed by atoms with Crippen LogP contribution in [0.2, 0.25) is 0 Å². The van der Waals surface area contributed by atoms with Crippen molar-refractivity contribution in [3.63, 3.8) is 0 Å². The van der Waals surface area contributed by atoms with Gasteiger partial charge in [0.05, 0.1) is 5.03 Å². The first-order valence-corrected chi connectivity index (χ1v) is 3.98. The van der Waals surface area contributed by atoms with E-state index in [1.165, 1.54) is 0 Å². The molecule has 0 fully saturated rings. The zero-order chi connectivity index (χ0) is 9.94. The third-order valence-corrected chi connectivity index (χ3v) is 1.52. The second kappa shape index (κ2) is 4.33. The average Bonchev–Trinajstić information content (AvgIpc) is 1.82. The van der Waals surface area contributed by atoms with Gasteiger partial charge in [0.15, 0.2) is 0 Å². The molecule has 0 aliphatic heterocycles. The number of hydrogen-bond acceptors (Lipinski definition) is 2. The number of alkyl halides is 3. The van der Waals surface area contributed by atoms with Gasteiger partial charge in [-0.3, -0.25) is 4.79 Å². The van der Waals surface area contributed by atoms with Crippen molar-refractivity contribution in [2.45, 2.75) is 3.79 Å². The fourth-order valence-electron chi connectivity index (χ4n) is 0.309. The molecule has 0 saturated heterocycles. The Labute approximate surface area is 87.8 Å². The van der Waals surface area contributed by atoms with Crippen molar-refractivity contribution >= 4 is 58.2 Å². The molecular formula is C5H2Cl4O3. The van der Waals surface area contributed by atoms with E-state index in [9.17, 15) is 9.59 Å². The maximum atomic E-state index is 10.8. The maximum absolute atomic E-state index is 10.8. The van der Waals surface area contributed by atoms with E-state index in [1.807, 2.05) is 0 Å². The largest absolute Gasteiger partial charge is 0.478 e. The normalized spacial score (nSPS) is 12.8. The summed E-state index contributed by atoms with van der Waals surface area (Å²) in [6, 6.07) is 0. The minimum absolute atomic E-state index is 0.450. The standard InChI is InChI=1S/C5H2Cl4O3/c6-2(1-3(10)11)4(12)5(7,8)9/h1H,(H,10,11). The van der Waals surface area contributed by atoms with Crippen LogP contribution in [0.3, 0.4) is 0 Å². The lowest BCUT2D eigenvalue weighted by Crippen LogP contribution is -2.19. The summed E-state index contributed by atoms with van der Waals surface area (Å²) in [5.74, 6) is -2.46. The molecule has 0 bridgehead atoms. The molecule has 0 aromatic heterocycles. The average molecular weight is 252 g/mol. The van der Waals surface area contributed by atoms with E-state index in [4.69, 9.17) is 51.5 Å². The fraction of sp³-hybridized carbons (Fsp3) is 0.200. The highest BCUT2D eigenvalue weighted by Gasteiger charge is 2.32. The molecule has 0 atom stereocenters. The van der Waals surface area contributed by atoms with Crippen LogP contribution in [0.4, 0.5) is 0 Å². The number of Topliss-reactive ketones (excluding diaryl/α,β-unsaturated/α-hetero) is 1. The monoisotopic (exact) mass is 250 g/mol. The Morgan fingerprint density at radius 1 is 1.25 bits per heavy atom. The Balaban J connectivity index is 4.63. The highest BCUT2D eigenvalue weighted by molar-refractivity contribution is 6.79. The zero-order valence-electron chi connectivity index (χ0n) is 5.35. The first-order chi connectivity index (χ1) is 5.25. The molecule has 0 unspecified atom stereocenters. The van der Waals surface area contributed by atoms with Crippen LogP contribution in [0.1, 0.15) is 0 Å². The summed E-state index contributed by atoms with van der Waals surface area (Å²) in [6.07, 6.45) is 0.450. The highest BCUT2D eigenvalue weighted by atomic mass is 35.6. The van der Waals surface area contributed by atoms with Crippen LogP contribution in [0.5, 0.6) is 0 Å². The lowest BCUT2D eigenvalue weighted by Gasteiger charge is -2.06. The van der Waals surface area contributed by atoms with Crippen molar-refractivity contribution in [3.05, 3.63) is 11.1 Å². The van der Waals surface area contributed by atoms with Crippen LogP contribution < -0.4 is 0 Å². The van der Waals surface area contributed by atoms with E-state index in [1.54, 1.807) is 0 Å². The van der Waals surface area contributed by atoms with Crippen molar-refractivity contribution in [2.75, 3.05) is 0 Å². The summed E-state index contributed by atoms with van der Waals surface area (Å²) in [5, 5.41) is 7.52. The number of rotatable bonds is 2. The van der Waals surface area contributed by atoms with Crippen LogP contribution in [-0.4, -0.2) is 20.7 Å². The molecule has 0 heterocycles. The predicted octanol–water partition coefficient (Wildman–Crippen LogP) is 2.13. The summed E-state index contributed by atoms with van der Waals surface area (Å²) in [5.41, 5.74) is 0. The van der Waals surface area contributed by atoms with E-state index in [0.717, 1.165) is 0 Å². The number of hydrogen-bond donors (Lipinski definition) is 1. The van der Waals surface area contributed by atoms with Crippen LogP contribution in [0, 0.1) is 0 Å². The fourth-order valence-corrected chi connectivity index (χ4v) is 0.995. The van der Waals surface area contributed by atoms with Gasteiger partial charge in [0.2, 0.25) is 5.78 Å². The molecule has 0 rings (SSSR count). The smallest absolute Gasteiger partial charge is 0.329 e. The third kappa shape index (κ3) is 4.16. The van der Waals surface area contributed by atoms with Gasteiger partial charge in [-0.2, -0.15) is 0 Å². The van der Waals surface area contributed by atoms with E-state index >= 15 is 0 Å². The lowest BCUT2D eigenvalue weighted by molar-refractivity contribution is -0.131. The SMILES string of the molecule is O=C(O)C=C(Cl)C(=O)C(Cl)(Cl)Cl. The minimum Gasteiger partial charge on any atom is -0.478 e. The summed E-state index contributed by atoms with van der Waals surface area (Å²) in [4.78, 5) is 20.8. The predicted molar refractivity (Wildman–Crippen MR) is 46.9 cm³/mol. The number of ketones is 1. The minimum atomic E-state index is -2.22. The number of allylic oxidation sites excluding steroid dienone is 1. The Morgan fingerprint density at radius 3 is 1.92 bits per heavy atom. The van der Waals surface area contributed by atoms with Crippen molar-refractivity contribution in [2.24, 2.45) is 0 Å². The van der Waals surface area contributed by atoms with Gasteiger partial charge in [-0.1, -0.05) is 46.4 Å². The summed E-state index contributed by atoms with van der Waals surface area (Å²) >= 11 is 20.6. The molecule has 0 aromatic rings. The van der Waals surface area contributed by atoms with E-state index in [2.05, 4.69) is 0 Å². The van der Waals surface area contributed by atoms with Gasteiger partial charge in [-0.05, 0) is 0 Å². The molecule has 3 nitrogen and oxygen atoms in total. The second-order valence-electron chi connectivity index (χ2n) is 1.66. The van der Waals surface area contributed by atoms with Gasteiger partial charge in [0.25, 0.3) is 3.79 Å². The number of carboxylic acid groups (broad SMARTS) is 1. The third-order valence-electron chi connectivity index (χ3n) is 0.725. The van der Waals surface area contributed by atoms with E-state index in [-0.39, 0.29) is 0 Å². The summed E-state index contributed by atoms with van der Waals surface area (Å²) in [7, 11) is 0. The molecule has 12 heavy (non-hydrogen) atoms. The number of aliphatic carboxylic acids is 1. The number of carbonyl (C=O) groups excluding carboxylic acids is 1. The van der Waals surface area contributed by atoms with Gasteiger partial charge in [0, 0.05) is 6.08 Å². The molecule has 0 spiro atoms. The van der Waals surface area contributed by atoms with Crippen LogP contribution >= 0.6 is 46.4 Å². The Hall–Kier alpha value is 0.0400. The summed E-state index contributed by atoms with van der Waals surface area (Å²) < 4.78 is -2.22. The van der Waals surface area contributed by atoms with Crippen molar-refractivity contribution in [1.29, 1.82) is 0 Å². The Bertz CT molecular complexity index is 240. The molecule has 1 N–H and O–H groups in total. The van der Waals surface area contributed by atoms with Gasteiger partial charge in [0.1, 0.15) is 0 Å². The van der Waals surface area contributed by atoms with E-state index in [0.29, 0.717) is 6.08 Å². The van der Waals surface area contributed by atoms with Crippen LogP contribution in [0.15, 0.2) is 11.1 Å². The van der Waals surface area contributed by atoms with E-state index < -0.39 is 20.6 Å². The van der Waals surface area contributed by atoms with Gasteiger partial charge < -0.3 is 5.11 Å². The topological polar surface area (TPSA) is 54.4 Å². The molecular weight excluding hydrogens is 250 g/mol. The lowest BCUT2D eigenvalue weighted by atomic mass is 10.4. The van der Waals surface area contributed by atoms with Crippen molar-refractivity contribution in [3.8, 4) is 0 Å². The van der Waals surface area contributed by atoms with Crippen LogP contribution in [-0.2, 0) is 9.59 Å². The molecule has 0 radical (unpaired) electrons. The van der Waals surface area contributed by atoms with Gasteiger partial charge in [-0.15, -0.1) is 0 Å². The quantitative estimate of drug-likeness (QED) is 0.604. The molecule has 0 aliphatic carbocycles. The van der Waals surface area contributed by atoms with Crippen molar-refractivity contribution in [1.82, 2.24) is 0 Å². The number of carboxylic acids is 1. The first-order valence-electron chi connectivity index (χ1n) is 2.47.